The quantitative estimate of drug-likeness (QED) is 0.765. The first-order valence-corrected chi connectivity index (χ1v) is 6.97. The number of nitrogens with two attached hydrogens (primary N) is 1. The van der Waals surface area contributed by atoms with Gasteiger partial charge in [0.1, 0.15) is 5.82 Å². The molecule has 1 aliphatic rings. The lowest BCUT2D eigenvalue weighted by atomic mass is 10.2. The van der Waals surface area contributed by atoms with Crippen LogP contribution in [0.3, 0.4) is 0 Å². The van der Waals surface area contributed by atoms with Crippen molar-refractivity contribution in [2.75, 3.05) is 5.73 Å². The number of anilines is 1. The van der Waals surface area contributed by atoms with E-state index >= 15 is 0 Å². The van der Waals surface area contributed by atoms with Crippen molar-refractivity contribution in [3.8, 4) is 11.4 Å². The molecular formula is C16H12N6O. The predicted octanol–water partition coefficient (Wildman–Crippen LogP) is 1.56. The van der Waals surface area contributed by atoms with Crippen LogP contribution in [0.25, 0.3) is 17.0 Å². The molecule has 7 nitrogen and oxygen atoms in total. The van der Waals surface area contributed by atoms with E-state index in [1.165, 1.54) is 4.52 Å². The first kappa shape index (κ1) is 13.2. The van der Waals surface area contributed by atoms with Gasteiger partial charge in [0.05, 0.1) is 0 Å². The standard InChI is InChI=1S/C16H12N6O/c17-13-7-11(16(23)19-12-4-1-5-12)8-14-20-15(21-22(13)14)10-3-2-6-18-9-10/h1-9H,17H2,(H,19,23). The highest BCUT2D eigenvalue weighted by molar-refractivity contribution is 5.97. The van der Waals surface area contributed by atoms with Crippen LogP contribution in [0, 0.1) is 0 Å². The minimum Gasteiger partial charge on any atom is -0.384 e. The summed E-state index contributed by atoms with van der Waals surface area (Å²) in [6, 6.07) is 6.90. The van der Waals surface area contributed by atoms with E-state index in [2.05, 4.69) is 20.4 Å². The molecule has 4 rings (SSSR count). The van der Waals surface area contributed by atoms with Gasteiger partial charge in [-0.1, -0.05) is 6.08 Å². The molecule has 0 aromatic carbocycles. The molecule has 0 saturated carbocycles. The van der Waals surface area contributed by atoms with Crippen molar-refractivity contribution in [1.29, 1.82) is 0 Å². The molecule has 112 valence electrons. The lowest BCUT2D eigenvalue weighted by molar-refractivity contribution is 0.0967. The number of carbonyl (C=O) groups is 1. The van der Waals surface area contributed by atoms with Crippen LogP contribution in [-0.4, -0.2) is 25.5 Å². The normalized spacial score (nSPS) is 12.8. The van der Waals surface area contributed by atoms with E-state index in [0.717, 1.165) is 11.3 Å². The molecule has 0 saturated heterocycles. The van der Waals surface area contributed by atoms with E-state index in [9.17, 15) is 4.79 Å². The zero-order valence-electron chi connectivity index (χ0n) is 12.0. The highest BCUT2D eigenvalue weighted by Gasteiger charge is 2.14. The Labute approximate surface area is 131 Å². The number of aromatic nitrogens is 4. The molecule has 23 heavy (non-hydrogen) atoms. The lowest BCUT2D eigenvalue weighted by Crippen LogP contribution is -2.23. The number of nitrogens with one attached hydrogen (secondary N) is 1. The van der Waals surface area contributed by atoms with Crippen molar-refractivity contribution < 1.29 is 4.79 Å². The van der Waals surface area contributed by atoms with Crippen molar-refractivity contribution in [1.82, 2.24) is 24.9 Å². The van der Waals surface area contributed by atoms with E-state index in [-0.39, 0.29) is 5.91 Å². The highest BCUT2D eigenvalue weighted by Crippen LogP contribution is 2.18. The summed E-state index contributed by atoms with van der Waals surface area (Å²) in [7, 11) is 0. The van der Waals surface area contributed by atoms with Crippen molar-refractivity contribution in [3.05, 3.63) is 66.1 Å². The van der Waals surface area contributed by atoms with Gasteiger partial charge < -0.3 is 11.1 Å². The smallest absolute Gasteiger partial charge is 0.255 e. The first-order valence-electron chi connectivity index (χ1n) is 6.97. The minimum atomic E-state index is -0.235. The summed E-state index contributed by atoms with van der Waals surface area (Å²) in [5, 5.41) is 7.13. The average molecular weight is 304 g/mol. The van der Waals surface area contributed by atoms with Gasteiger partial charge in [0.2, 0.25) is 0 Å². The molecule has 0 atom stereocenters. The van der Waals surface area contributed by atoms with Gasteiger partial charge in [-0.25, -0.2) is 4.98 Å². The predicted molar refractivity (Wildman–Crippen MR) is 85.3 cm³/mol. The third-order valence-electron chi connectivity index (χ3n) is 3.46. The summed E-state index contributed by atoms with van der Waals surface area (Å²) in [6.45, 7) is 0. The summed E-state index contributed by atoms with van der Waals surface area (Å²) >= 11 is 0. The summed E-state index contributed by atoms with van der Waals surface area (Å²) in [4.78, 5) is 20.7. The summed E-state index contributed by atoms with van der Waals surface area (Å²) in [5.74, 6) is 0.612. The summed E-state index contributed by atoms with van der Waals surface area (Å²) < 4.78 is 1.50. The molecule has 0 fully saturated rings. The molecule has 3 N–H and O–H groups in total. The highest BCUT2D eigenvalue weighted by atomic mass is 16.1. The second-order valence-electron chi connectivity index (χ2n) is 5.05. The van der Waals surface area contributed by atoms with Crippen molar-refractivity contribution >= 4 is 17.4 Å². The van der Waals surface area contributed by atoms with E-state index in [1.807, 2.05) is 30.4 Å². The van der Waals surface area contributed by atoms with Gasteiger partial charge in [-0.05, 0) is 36.4 Å². The number of nitrogens with zero attached hydrogens (tertiary/aromatic N) is 4. The fraction of sp³-hybridized carbons (Fsp3) is 0. The Hall–Kier alpha value is -3.48. The summed E-state index contributed by atoms with van der Waals surface area (Å²) in [6.07, 6.45) is 8.84. The number of fused-ring (bicyclic) bond motifs is 1. The molecule has 1 aliphatic carbocycles. The van der Waals surface area contributed by atoms with Crippen molar-refractivity contribution in [2.24, 2.45) is 0 Å². The largest absolute Gasteiger partial charge is 0.384 e. The molecule has 3 aromatic heterocycles. The van der Waals surface area contributed by atoms with Crippen LogP contribution in [0.2, 0.25) is 0 Å². The van der Waals surface area contributed by atoms with Crippen LogP contribution in [0.4, 0.5) is 5.82 Å². The minimum absolute atomic E-state index is 0.235. The van der Waals surface area contributed by atoms with Gasteiger partial charge >= 0.3 is 0 Å². The monoisotopic (exact) mass is 304 g/mol. The van der Waals surface area contributed by atoms with Gasteiger partial charge in [0, 0.05) is 29.2 Å². The fourth-order valence-electron chi connectivity index (χ4n) is 2.24. The first-order chi connectivity index (χ1) is 11.2. The second kappa shape index (κ2) is 5.06. The van der Waals surface area contributed by atoms with Crippen LogP contribution < -0.4 is 11.1 Å². The molecule has 1 amide bonds. The van der Waals surface area contributed by atoms with Gasteiger partial charge in [-0.3, -0.25) is 9.78 Å². The second-order valence-corrected chi connectivity index (χ2v) is 5.05. The molecule has 0 bridgehead atoms. The zero-order chi connectivity index (χ0) is 15.8. The number of pyridine rings is 2. The van der Waals surface area contributed by atoms with Gasteiger partial charge in [0.25, 0.3) is 5.91 Å². The average Bonchev–Trinajstić information content (AvgIpc) is 2.96. The number of hydrogen-bond acceptors (Lipinski definition) is 5. The van der Waals surface area contributed by atoms with Gasteiger partial charge in [-0.15, -0.1) is 5.10 Å². The van der Waals surface area contributed by atoms with Crippen LogP contribution in [0.1, 0.15) is 10.4 Å². The van der Waals surface area contributed by atoms with Gasteiger partial charge in [-0.2, -0.15) is 4.52 Å². The molecule has 0 aliphatic heterocycles. The molecular weight excluding hydrogens is 292 g/mol. The number of allylic oxidation sites excluding steroid dienone is 3. The Kier molecular flexibility index (Phi) is 2.90. The van der Waals surface area contributed by atoms with Crippen LogP contribution in [-0.2, 0) is 0 Å². The van der Waals surface area contributed by atoms with Crippen molar-refractivity contribution in [3.63, 3.8) is 0 Å². The topological polar surface area (TPSA) is 98.2 Å². The number of hydrogen-bond donors (Lipinski definition) is 2. The molecule has 3 aromatic rings. The van der Waals surface area contributed by atoms with Crippen LogP contribution in [0.15, 0.2) is 60.6 Å². The van der Waals surface area contributed by atoms with E-state index in [4.69, 9.17) is 5.73 Å². The molecule has 3 heterocycles. The fourth-order valence-corrected chi connectivity index (χ4v) is 2.24. The van der Waals surface area contributed by atoms with E-state index in [1.54, 1.807) is 24.5 Å². The SMILES string of the molecule is Nc1cc(C(=O)NC2=CC=C2)cc2nc(-c3cccnc3)nn12. The third-order valence-corrected chi connectivity index (χ3v) is 3.46. The van der Waals surface area contributed by atoms with Gasteiger partial charge in [0.15, 0.2) is 11.5 Å². The molecule has 0 unspecified atom stereocenters. The van der Waals surface area contributed by atoms with Crippen LogP contribution in [0.5, 0.6) is 0 Å². The Morgan fingerprint density at radius 2 is 2.17 bits per heavy atom. The Morgan fingerprint density at radius 3 is 2.87 bits per heavy atom. The number of nitrogen functional groups attached to an aromatic ring is 1. The lowest BCUT2D eigenvalue weighted by Gasteiger charge is -2.10. The maximum Gasteiger partial charge on any atom is 0.255 e. The van der Waals surface area contributed by atoms with E-state index < -0.39 is 0 Å². The third kappa shape index (κ3) is 2.34. The molecule has 0 radical (unpaired) electrons. The van der Waals surface area contributed by atoms with Crippen molar-refractivity contribution in [2.45, 2.75) is 0 Å². The number of carbonyl (C=O) groups excluding carboxylic acids is 1. The maximum absolute atomic E-state index is 12.2. The van der Waals surface area contributed by atoms with Crippen LogP contribution >= 0.6 is 0 Å². The number of rotatable bonds is 3. The zero-order valence-corrected chi connectivity index (χ0v) is 12.0. The number of amides is 1. The maximum atomic E-state index is 12.2. The molecule has 7 heteroatoms. The Bertz CT molecular complexity index is 971. The summed E-state index contributed by atoms with van der Waals surface area (Å²) in [5.41, 5.74) is 8.49. The Balaban J connectivity index is 1.73. The Morgan fingerprint density at radius 1 is 1.30 bits per heavy atom. The molecule has 0 spiro atoms. The van der Waals surface area contributed by atoms with E-state index in [0.29, 0.717) is 22.9 Å².